The highest BCUT2D eigenvalue weighted by atomic mass is 16.5. The predicted octanol–water partition coefficient (Wildman–Crippen LogP) is 2.02. The average molecular weight is 357 g/mol. The fraction of sp³-hybridized carbons (Fsp3) is 0.550. The van der Waals surface area contributed by atoms with E-state index in [1.807, 2.05) is 23.1 Å². The molecule has 1 aliphatic carbocycles. The van der Waals surface area contributed by atoms with Crippen LogP contribution in [0.3, 0.4) is 0 Å². The van der Waals surface area contributed by atoms with Crippen LogP contribution in [0.25, 0.3) is 0 Å². The quantitative estimate of drug-likeness (QED) is 0.757. The van der Waals surface area contributed by atoms with Crippen molar-refractivity contribution >= 4 is 11.8 Å². The Morgan fingerprint density at radius 3 is 2.85 bits per heavy atom. The van der Waals surface area contributed by atoms with Gasteiger partial charge in [-0.2, -0.15) is 0 Å². The van der Waals surface area contributed by atoms with Gasteiger partial charge >= 0.3 is 0 Å². The molecule has 1 fully saturated rings. The summed E-state index contributed by atoms with van der Waals surface area (Å²) < 4.78 is 5.46. The number of ether oxygens (including phenoxy) is 1. The van der Waals surface area contributed by atoms with Gasteiger partial charge < -0.3 is 15.4 Å². The van der Waals surface area contributed by atoms with Gasteiger partial charge in [0.25, 0.3) is 0 Å². The Morgan fingerprint density at radius 2 is 2.15 bits per heavy atom. The lowest BCUT2D eigenvalue weighted by Gasteiger charge is -2.19. The molecule has 0 spiro atoms. The van der Waals surface area contributed by atoms with Crippen molar-refractivity contribution < 1.29 is 14.3 Å². The van der Waals surface area contributed by atoms with Gasteiger partial charge in [-0.15, -0.1) is 0 Å². The molecule has 0 radical (unpaired) electrons. The van der Waals surface area contributed by atoms with Gasteiger partial charge in [0.2, 0.25) is 11.8 Å². The van der Waals surface area contributed by atoms with E-state index in [-0.39, 0.29) is 24.3 Å². The number of nitrogens with two attached hydrogens (primary N) is 1. The number of aromatic nitrogens is 1. The van der Waals surface area contributed by atoms with Crippen LogP contribution in [0, 0.1) is 5.92 Å². The Hall–Kier alpha value is -2.21. The maximum Gasteiger partial charge on any atom is 0.243 e. The molecule has 0 saturated carbocycles. The van der Waals surface area contributed by atoms with Crippen LogP contribution >= 0.6 is 0 Å². The number of amides is 2. The van der Waals surface area contributed by atoms with E-state index >= 15 is 0 Å². The van der Waals surface area contributed by atoms with Gasteiger partial charge in [-0.25, -0.2) is 0 Å². The van der Waals surface area contributed by atoms with Crippen molar-refractivity contribution in [2.24, 2.45) is 11.7 Å². The van der Waals surface area contributed by atoms with Crippen molar-refractivity contribution in [1.82, 2.24) is 9.88 Å². The van der Waals surface area contributed by atoms with Gasteiger partial charge in [-0.05, 0) is 37.8 Å². The zero-order valence-corrected chi connectivity index (χ0v) is 15.1. The van der Waals surface area contributed by atoms with Crippen LogP contribution in [0.2, 0.25) is 0 Å². The van der Waals surface area contributed by atoms with Crippen molar-refractivity contribution in [3.8, 4) is 0 Å². The zero-order chi connectivity index (χ0) is 18.4. The molecule has 1 saturated heterocycles. The first kappa shape index (κ1) is 18.6. The van der Waals surface area contributed by atoms with E-state index < -0.39 is 5.91 Å². The number of allylic oxidation sites excluding steroid dienone is 1. The van der Waals surface area contributed by atoms with Crippen molar-refractivity contribution in [3.63, 3.8) is 0 Å². The van der Waals surface area contributed by atoms with Gasteiger partial charge in [-0.3, -0.25) is 14.6 Å². The molecule has 0 aromatic carbocycles. The van der Waals surface area contributed by atoms with Crippen LogP contribution in [0.15, 0.2) is 36.0 Å². The standard InChI is InChI=1S/C20H27N3O3/c21-19(24)14-26-13-16-11-23(12-17(16)18-8-4-5-9-22-18)20(25)10-15-6-2-1-3-7-15/h4-6,8-9,16-17H,1-3,7,10-14H2,(H2,21,24). The number of pyridine rings is 1. The summed E-state index contributed by atoms with van der Waals surface area (Å²) in [5, 5.41) is 0. The normalized spacial score (nSPS) is 22.9. The van der Waals surface area contributed by atoms with Crippen molar-refractivity contribution in [2.75, 3.05) is 26.3 Å². The fourth-order valence-corrected chi connectivity index (χ4v) is 3.86. The van der Waals surface area contributed by atoms with Crippen molar-refractivity contribution in [3.05, 3.63) is 41.7 Å². The minimum atomic E-state index is -0.477. The molecule has 1 aromatic rings. The summed E-state index contributed by atoms with van der Waals surface area (Å²) in [5.41, 5.74) is 7.39. The van der Waals surface area contributed by atoms with Crippen LogP contribution in [0.4, 0.5) is 0 Å². The van der Waals surface area contributed by atoms with E-state index in [4.69, 9.17) is 10.5 Å². The molecule has 3 rings (SSSR count). The lowest BCUT2D eigenvalue weighted by molar-refractivity contribution is -0.130. The Bertz CT molecular complexity index is 660. The van der Waals surface area contributed by atoms with Crippen LogP contribution in [0.1, 0.15) is 43.7 Å². The van der Waals surface area contributed by atoms with Crippen molar-refractivity contribution in [2.45, 2.75) is 38.0 Å². The molecule has 1 aliphatic heterocycles. The molecule has 2 N–H and O–H groups in total. The number of carbonyl (C=O) groups is 2. The molecule has 140 valence electrons. The topological polar surface area (TPSA) is 85.5 Å². The van der Waals surface area contributed by atoms with Gasteiger partial charge in [-0.1, -0.05) is 17.7 Å². The molecule has 2 amide bonds. The molecule has 6 nitrogen and oxygen atoms in total. The molecule has 2 unspecified atom stereocenters. The minimum absolute atomic E-state index is 0.0910. The number of hydrogen-bond acceptors (Lipinski definition) is 4. The first-order valence-corrected chi connectivity index (χ1v) is 9.36. The summed E-state index contributed by atoms with van der Waals surface area (Å²) >= 11 is 0. The largest absolute Gasteiger partial charge is 0.371 e. The number of nitrogens with zero attached hydrogens (tertiary/aromatic N) is 2. The van der Waals surface area contributed by atoms with E-state index in [9.17, 15) is 9.59 Å². The van der Waals surface area contributed by atoms with Gasteiger partial charge in [0.1, 0.15) is 6.61 Å². The summed E-state index contributed by atoms with van der Waals surface area (Å²) in [6.45, 7) is 1.59. The second-order valence-electron chi connectivity index (χ2n) is 7.19. The van der Waals surface area contributed by atoms with E-state index in [1.165, 1.54) is 18.4 Å². The Kier molecular flexibility index (Phi) is 6.39. The Labute approximate surface area is 154 Å². The Balaban J connectivity index is 1.65. The molecule has 6 heteroatoms. The molecular formula is C20H27N3O3. The third kappa shape index (κ3) is 4.91. The SMILES string of the molecule is NC(=O)COCC1CN(C(=O)CC2=CCCCC2)CC1c1ccccn1. The summed E-state index contributed by atoms with van der Waals surface area (Å²) in [6.07, 6.45) is 9.04. The number of rotatable bonds is 7. The van der Waals surface area contributed by atoms with E-state index in [0.29, 0.717) is 26.1 Å². The van der Waals surface area contributed by atoms with Crippen LogP contribution in [-0.4, -0.2) is 48.0 Å². The van der Waals surface area contributed by atoms with Crippen LogP contribution in [0.5, 0.6) is 0 Å². The summed E-state index contributed by atoms with van der Waals surface area (Å²) in [7, 11) is 0. The number of carbonyl (C=O) groups excluding carboxylic acids is 2. The van der Waals surface area contributed by atoms with Crippen molar-refractivity contribution in [1.29, 1.82) is 0 Å². The van der Waals surface area contributed by atoms with Crippen LogP contribution in [-0.2, 0) is 14.3 Å². The van der Waals surface area contributed by atoms with E-state index in [1.54, 1.807) is 6.20 Å². The summed E-state index contributed by atoms with van der Waals surface area (Å²) in [6, 6.07) is 5.83. The molecular weight excluding hydrogens is 330 g/mol. The zero-order valence-electron chi connectivity index (χ0n) is 15.1. The first-order chi connectivity index (χ1) is 12.6. The molecule has 2 atom stereocenters. The Morgan fingerprint density at radius 1 is 1.27 bits per heavy atom. The monoisotopic (exact) mass is 357 g/mol. The highest BCUT2D eigenvalue weighted by molar-refractivity contribution is 5.79. The maximum atomic E-state index is 12.8. The third-order valence-electron chi connectivity index (χ3n) is 5.20. The third-order valence-corrected chi connectivity index (χ3v) is 5.20. The molecule has 0 bridgehead atoms. The average Bonchev–Trinajstić information content (AvgIpc) is 3.07. The van der Waals surface area contributed by atoms with E-state index in [0.717, 1.165) is 18.5 Å². The van der Waals surface area contributed by atoms with E-state index in [2.05, 4.69) is 11.1 Å². The summed E-state index contributed by atoms with van der Waals surface area (Å²) in [5.74, 6) is -0.0621. The predicted molar refractivity (Wildman–Crippen MR) is 98.2 cm³/mol. The molecule has 1 aromatic heterocycles. The minimum Gasteiger partial charge on any atom is -0.371 e. The van der Waals surface area contributed by atoms with Gasteiger partial charge in [0.15, 0.2) is 0 Å². The highest BCUT2D eigenvalue weighted by Crippen LogP contribution is 2.33. The first-order valence-electron chi connectivity index (χ1n) is 9.36. The molecule has 26 heavy (non-hydrogen) atoms. The lowest BCUT2D eigenvalue weighted by atomic mass is 9.93. The number of hydrogen-bond donors (Lipinski definition) is 1. The maximum absolute atomic E-state index is 12.8. The van der Waals surface area contributed by atoms with Gasteiger partial charge in [0, 0.05) is 43.2 Å². The molecule has 2 aliphatic rings. The second-order valence-corrected chi connectivity index (χ2v) is 7.19. The second kappa shape index (κ2) is 8.94. The smallest absolute Gasteiger partial charge is 0.243 e. The highest BCUT2D eigenvalue weighted by Gasteiger charge is 2.37. The van der Waals surface area contributed by atoms with Gasteiger partial charge in [0.05, 0.1) is 6.61 Å². The van der Waals surface area contributed by atoms with Crippen LogP contribution < -0.4 is 5.73 Å². The fourth-order valence-electron chi connectivity index (χ4n) is 3.86. The number of likely N-dealkylation sites (tertiary alicyclic amines) is 1. The molecule has 2 heterocycles. The number of primary amides is 1. The lowest BCUT2D eigenvalue weighted by Crippen LogP contribution is -2.30. The summed E-state index contributed by atoms with van der Waals surface area (Å²) in [4.78, 5) is 30.1.